The maximum Gasteiger partial charge on any atom is 0.257 e. The number of nitrogens with two attached hydrogens (primary N) is 1. The van der Waals surface area contributed by atoms with Crippen molar-refractivity contribution in [2.75, 3.05) is 11.1 Å². The van der Waals surface area contributed by atoms with Crippen molar-refractivity contribution in [1.29, 1.82) is 0 Å². The number of aromatic nitrogens is 1. The summed E-state index contributed by atoms with van der Waals surface area (Å²) in [7, 11) is 0. The molecule has 0 radical (unpaired) electrons. The van der Waals surface area contributed by atoms with Gasteiger partial charge in [-0.1, -0.05) is 11.6 Å². The molecular weight excluding hydrogens is 270 g/mol. The molecule has 1 aromatic heterocycles. The average Bonchev–Trinajstić information content (AvgIpc) is 2.61. The van der Waals surface area contributed by atoms with E-state index in [4.69, 9.17) is 17.3 Å². The second-order valence-corrected chi connectivity index (χ2v) is 5.46. The normalized spacial score (nSPS) is 10.4. The van der Waals surface area contributed by atoms with Gasteiger partial charge < -0.3 is 5.73 Å². The fourth-order valence-electron chi connectivity index (χ4n) is 1.36. The number of halogens is 1. The highest BCUT2D eigenvalue weighted by Gasteiger charge is 2.11. The van der Waals surface area contributed by atoms with Gasteiger partial charge in [0.25, 0.3) is 5.91 Å². The van der Waals surface area contributed by atoms with Gasteiger partial charge in [0, 0.05) is 10.4 Å². The van der Waals surface area contributed by atoms with Crippen LogP contribution in [0.1, 0.15) is 20.9 Å². The molecule has 0 unspecified atom stereocenters. The van der Waals surface area contributed by atoms with Gasteiger partial charge in [-0.25, -0.2) is 4.98 Å². The minimum absolute atomic E-state index is 0.245. The zero-order valence-electron chi connectivity index (χ0n) is 9.95. The fraction of sp³-hybridized carbons (Fsp3) is 0.167. The SMILES string of the molecule is Cc1nc(NC(=O)c2ccc(N)c(Cl)c2)sc1C. The molecule has 0 fully saturated rings. The number of amides is 1. The van der Waals surface area contributed by atoms with Crippen LogP contribution in [0.2, 0.25) is 5.02 Å². The van der Waals surface area contributed by atoms with E-state index in [9.17, 15) is 4.79 Å². The molecule has 94 valence electrons. The van der Waals surface area contributed by atoms with E-state index in [1.54, 1.807) is 18.2 Å². The quantitative estimate of drug-likeness (QED) is 0.830. The van der Waals surface area contributed by atoms with Crippen molar-refractivity contribution in [2.24, 2.45) is 0 Å². The molecule has 4 nitrogen and oxygen atoms in total. The van der Waals surface area contributed by atoms with Crippen molar-refractivity contribution < 1.29 is 4.79 Å². The van der Waals surface area contributed by atoms with Crippen LogP contribution in [-0.2, 0) is 0 Å². The number of thiazole rings is 1. The monoisotopic (exact) mass is 281 g/mol. The van der Waals surface area contributed by atoms with Gasteiger partial charge in [0.05, 0.1) is 16.4 Å². The summed E-state index contributed by atoms with van der Waals surface area (Å²) < 4.78 is 0. The van der Waals surface area contributed by atoms with Gasteiger partial charge in [0.2, 0.25) is 0 Å². The van der Waals surface area contributed by atoms with E-state index < -0.39 is 0 Å². The summed E-state index contributed by atoms with van der Waals surface area (Å²) in [6.07, 6.45) is 0. The Hall–Kier alpha value is -1.59. The largest absolute Gasteiger partial charge is 0.398 e. The van der Waals surface area contributed by atoms with Crippen LogP contribution in [0.25, 0.3) is 0 Å². The molecule has 0 spiro atoms. The van der Waals surface area contributed by atoms with E-state index in [-0.39, 0.29) is 5.91 Å². The summed E-state index contributed by atoms with van der Waals surface area (Å²) >= 11 is 7.32. The lowest BCUT2D eigenvalue weighted by Gasteiger charge is -2.03. The highest BCUT2D eigenvalue weighted by molar-refractivity contribution is 7.15. The van der Waals surface area contributed by atoms with E-state index in [2.05, 4.69) is 10.3 Å². The van der Waals surface area contributed by atoms with E-state index in [0.717, 1.165) is 10.6 Å². The Bertz CT molecular complexity index is 590. The zero-order chi connectivity index (χ0) is 13.3. The van der Waals surface area contributed by atoms with Gasteiger partial charge in [-0.2, -0.15) is 0 Å². The summed E-state index contributed by atoms with van der Waals surface area (Å²) in [6.45, 7) is 3.87. The molecular formula is C12H12ClN3OS. The first kappa shape index (κ1) is 12.9. The minimum Gasteiger partial charge on any atom is -0.398 e. The Labute approximate surface area is 114 Å². The third-order valence-electron chi connectivity index (χ3n) is 2.51. The molecule has 3 N–H and O–H groups in total. The van der Waals surface area contributed by atoms with Crippen LogP contribution in [0.5, 0.6) is 0 Å². The third-order valence-corrected chi connectivity index (χ3v) is 3.83. The number of nitrogens with one attached hydrogen (secondary N) is 1. The smallest absolute Gasteiger partial charge is 0.257 e. The number of carbonyl (C=O) groups excluding carboxylic acids is 1. The van der Waals surface area contributed by atoms with E-state index >= 15 is 0 Å². The summed E-state index contributed by atoms with van der Waals surface area (Å²) in [4.78, 5) is 17.3. The minimum atomic E-state index is -0.245. The average molecular weight is 282 g/mol. The van der Waals surface area contributed by atoms with E-state index in [1.165, 1.54) is 11.3 Å². The summed E-state index contributed by atoms with van der Waals surface area (Å²) in [5.74, 6) is -0.245. The number of aryl methyl sites for hydroxylation is 2. The van der Waals surface area contributed by atoms with Crippen LogP contribution in [-0.4, -0.2) is 10.9 Å². The first-order valence-corrected chi connectivity index (χ1v) is 6.47. The molecule has 1 heterocycles. The van der Waals surface area contributed by atoms with Crippen LogP contribution in [0.3, 0.4) is 0 Å². The molecule has 18 heavy (non-hydrogen) atoms. The Morgan fingerprint density at radius 3 is 2.72 bits per heavy atom. The van der Waals surface area contributed by atoms with Gasteiger partial charge in [0.15, 0.2) is 5.13 Å². The van der Waals surface area contributed by atoms with Crippen LogP contribution in [0.4, 0.5) is 10.8 Å². The Morgan fingerprint density at radius 1 is 1.44 bits per heavy atom. The molecule has 6 heteroatoms. The van der Waals surface area contributed by atoms with Crippen molar-refractivity contribution >= 4 is 39.7 Å². The number of hydrogen-bond acceptors (Lipinski definition) is 4. The number of anilines is 2. The molecule has 2 rings (SSSR count). The Balaban J connectivity index is 2.19. The number of benzene rings is 1. The maximum absolute atomic E-state index is 12.0. The van der Waals surface area contributed by atoms with Gasteiger partial charge in [-0.05, 0) is 32.0 Å². The lowest BCUT2D eigenvalue weighted by Crippen LogP contribution is -2.11. The second kappa shape index (κ2) is 4.96. The molecule has 0 saturated heterocycles. The number of hydrogen-bond donors (Lipinski definition) is 2. The standard InChI is InChI=1S/C12H12ClN3OS/c1-6-7(2)18-12(15-6)16-11(17)8-3-4-10(14)9(13)5-8/h3-5H,14H2,1-2H3,(H,15,16,17). The molecule has 1 aromatic carbocycles. The third kappa shape index (κ3) is 2.63. The number of nitrogen functional groups attached to an aromatic ring is 1. The zero-order valence-corrected chi connectivity index (χ0v) is 11.5. The first-order valence-electron chi connectivity index (χ1n) is 5.28. The summed E-state index contributed by atoms with van der Waals surface area (Å²) in [5, 5.41) is 3.69. The van der Waals surface area contributed by atoms with Crippen molar-refractivity contribution in [2.45, 2.75) is 13.8 Å². The number of rotatable bonds is 2. The van der Waals surface area contributed by atoms with Gasteiger partial charge >= 0.3 is 0 Å². The summed E-state index contributed by atoms with van der Waals surface area (Å²) in [5.41, 5.74) is 7.42. The molecule has 0 bridgehead atoms. The van der Waals surface area contributed by atoms with Gasteiger partial charge in [-0.15, -0.1) is 11.3 Å². The van der Waals surface area contributed by atoms with Crippen molar-refractivity contribution in [3.05, 3.63) is 39.4 Å². The molecule has 0 aliphatic carbocycles. The van der Waals surface area contributed by atoms with Crippen molar-refractivity contribution in [1.82, 2.24) is 4.98 Å². The number of nitrogens with zero attached hydrogens (tertiary/aromatic N) is 1. The summed E-state index contributed by atoms with van der Waals surface area (Å²) in [6, 6.07) is 4.78. The molecule has 1 amide bonds. The van der Waals surface area contributed by atoms with Crippen molar-refractivity contribution in [3.8, 4) is 0 Å². The topological polar surface area (TPSA) is 68.0 Å². The Morgan fingerprint density at radius 2 is 2.17 bits per heavy atom. The highest BCUT2D eigenvalue weighted by Crippen LogP contribution is 2.23. The Kier molecular flexibility index (Phi) is 3.54. The van der Waals surface area contributed by atoms with Gasteiger partial charge in [0.1, 0.15) is 0 Å². The fourth-order valence-corrected chi connectivity index (χ4v) is 2.35. The van der Waals surface area contributed by atoms with Crippen LogP contribution in [0.15, 0.2) is 18.2 Å². The maximum atomic E-state index is 12.0. The molecule has 0 saturated carbocycles. The van der Waals surface area contributed by atoms with Crippen LogP contribution in [0, 0.1) is 13.8 Å². The molecule has 0 aliphatic rings. The first-order chi connectivity index (χ1) is 8.47. The second-order valence-electron chi connectivity index (χ2n) is 3.85. The highest BCUT2D eigenvalue weighted by atomic mass is 35.5. The van der Waals surface area contributed by atoms with E-state index in [1.807, 2.05) is 13.8 Å². The lowest BCUT2D eigenvalue weighted by atomic mass is 10.2. The predicted octanol–water partition coefficient (Wildman–Crippen LogP) is 3.25. The molecule has 0 aliphatic heterocycles. The molecule has 0 atom stereocenters. The van der Waals surface area contributed by atoms with Gasteiger partial charge in [-0.3, -0.25) is 10.1 Å². The predicted molar refractivity (Wildman–Crippen MR) is 75.4 cm³/mol. The molecule has 2 aromatic rings. The number of carbonyl (C=O) groups is 1. The van der Waals surface area contributed by atoms with E-state index in [0.29, 0.717) is 21.4 Å². The lowest BCUT2D eigenvalue weighted by molar-refractivity contribution is 0.102. The van der Waals surface area contributed by atoms with Crippen molar-refractivity contribution in [3.63, 3.8) is 0 Å². The van der Waals surface area contributed by atoms with Crippen LogP contribution < -0.4 is 11.1 Å². The van der Waals surface area contributed by atoms with Crippen LogP contribution >= 0.6 is 22.9 Å².